The average molecular weight is 230 g/mol. The zero-order valence-electron chi connectivity index (χ0n) is 8.31. The number of fused-ring (bicyclic) bond motifs is 1. The van der Waals surface area contributed by atoms with Crippen molar-refractivity contribution in [2.45, 2.75) is 0 Å². The van der Waals surface area contributed by atoms with Crippen molar-refractivity contribution in [2.24, 2.45) is 0 Å². The van der Waals surface area contributed by atoms with E-state index in [1.807, 2.05) is 30.3 Å². The molecule has 0 aliphatic rings. The lowest BCUT2D eigenvalue weighted by Gasteiger charge is -2.03. The minimum Gasteiger partial charge on any atom is -0.261 e. The van der Waals surface area contributed by atoms with Crippen LogP contribution < -0.4 is 0 Å². The van der Waals surface area contributed by atoms with Gasteiger partial charge in [-0.05, 0) is 5.56 Å². The molecule has 78 valence electrons. The Hall–Kier alpha value is -1.87. The average Bonchev–Trinajstić information content (AvgIpc) is 2.80. The Bertz CT molecular complexity index is 631. The predicted molar refractivity (Wildman–Crippen MR) is 64.3 cm³/mol. The molecule has 1 aromatic carbocycles. The summed E-state index contributed by atoms with van der Waals surface area (Å²) in [6.07, 6.45) is 3.45. The zero-order valence-corrected chi connectivity index (χ0v) is 9.07. The van der Waals surface area contributed by atoms with Crippen molar-refractivity contribution in [3.63, 3.8) is 0 Å². The van der Waals surface area contributed by atoms with Crippen LogP contribution in [0.1, 0.15) is 0 Å². The number of rotatable bonds is 1. The molecule has 3 nitrogen and oxygen atoms in total. The molecule has 0 aliphatic carbocycles. The van der Waals surface area contributed by atoms with Gasteiger partial charge >= 0.3 is 0 Å². The minimum atomic E-state index is 0.685. The Labute approximate surface area is 97.1 Å². The monoisotopic (exact) mass is 229 g/mol. The lowest BCUT2D eigenvalue weighted by molar-refractivity contribution is 1.10. The third-order valence-electron chi connectivity index (χ3n) is 2.50. The fourth-order valence-electron chi connectivity index (χ4n) is 1.69. The number of benzene rings is 1. The fourth-order valence-corrected chi connectivity index (χ4v) is 1.98. The molecular formula is C12H8ClN3. The van der Waals surface area contributed by atoms with E-state index in [1.54, 1.807) is 12.4 Å². The molecule has 1 N–H and O–H groups in total. The van der Waals surface area contributed by atoms with Gasteiger partial charge in [0, 0.05) is 11.8 Å². The quantitative estimate of drug-likeness (QED) is 0.696. The minimum absolute atomic E-state index is 0.685. The number of H-pyrrole nitrogens is 1. The zero-order chi connectivity index (χ0) is 11.0. The number of halogens is 1. The molecule has 0 radical (unpaired) electrons. The molecule has 0 saturated heterocycles. The lowest BCUT2D eigenvalue weighted by atomic mass is 10.1. The summed E-state index contributed by atoms with van der Waals surface area (Å²) >= 11 is 6.32. The molecule has 0 fully saturated rings. The third-order valence-corrected chi connectivity index (χ3v) is 2.91. The summed E-state index contributed by atoms with van der Waals surface area (Å²) in [6.45, 7) is 0. The van der Waals surface area contributed by atoms with Gasteiger partial charge in [-0.2, -0.15) is 5.10 Å². The van der Waals surface area contributed by atoms with Gasteiger partial charge in [0.1, 0.15) is 0 Å². The van der Waals surface area contributed by atoms with Gasteiger partial charge in [-0.1, -0.05) is 41.9 Å². The summed E-state index contributed by atoms with van der Waals surface area (Å²) in [5.74, 6) is 0. The smallest absolute Gasteiger partial charge is 0.156 e. The first-order valence-electron chi connectivity index (χ1n) is 4.89. The van der Waals surface area contributed by atoms with Crippen LogP contribution in [0.3, 0.4) is 0 Å². The highest BCUT2D eigenvalue weighted by Gasteiger charge is 2.09. The van der Waals surface area contributed by atoms with Crippen molar-refractivity contribution >= 4 is 22.6 Å². The van der Waals surface area contributed by atoms with E-state index in [0.717, 1.165) is 16.5 Å². The Morgan fingerprint density at radius 3 is 2.69 bits per heavy atom. The number of pyridine rings is 1. The molecule has 2 heterocycles. The number of nitrogens with one attached hydrogen (secondary N) is 1. The molecular weight excluding hydrogens is 222 g/mol. The van der Waals surface area contributed by atoms with E-state index in [0.29, 0.717) is 10.7 Å². The first-order valence-corrected chi connectivity index (χ1v) is 5.27. The van der Waals surface area contributed by atoms with Gasteiger partial charge in [0.15, 0.2) is 5.65 Å². The topological polar surface area (TPSA) is 41.6 Å². The number of aromatic amines is 1. The molecule has 0 bridgehead atoms. The van der Waals surface area contributed by atoms with E-state index < -0.39 is 0 Å². The molecule has 0 amide bonds. The van der Waals surface area contributed by atoms with E-state index in [-0.39, 0.29) is 0 Å². The van der Waals surface area contributed by atoms with Crippen LogP contribution in [0.5, 0.6) is 0 Å². The molecule has 0 saturated carbocycles. The maximum absolute atomic E-state index is 6.32. The summed E-state index contributed by atoms with van der Waals surface area (Å²) < 4.78 is 0. The van der Waals surface area contributed by atoms with Crippen LogP contribution in [0.15, 0.2) is 42.7 Å². The molecule has 3 aromatic rings. The van der Waals surface area contributed by atoms with Crippen LogP contribution in [0.4, 0.5) is 0 Å². The van der Waals surface area contributed by atoms with Gasteiger partial charge in [-0.3, -0.25) is 5.10 Å². The normalized spacial score (nSPS) is 10.8. The molecule has 0 atom stereocenters. The van der Waals surface area contributed by atoms with Crippen LogP contribution in [0.2, 0.25) is 5.02 Å². The number of aromatic nitrogens is 3. The Morgan fingerprint density at radius 2 is 1.88 bits per heavy atom. The Morgan fingerprint density at radius 1 is 1.06 bits per heavy atom. The standard InChI is InChI=1S/C12H8ClN3/c13-11-9(8-4-2-1-3-5-8)6-14-12-10(11)7-15-16-12/h1-7H,(H,14,15,16). The second kappa shape index (κ2) is 3.61. The summed E-state index contributed by atoms with van der Waals surface area (Å²) in [6, 6.07) is 9.95. The number of hydrogen-bond acceptors (Lipinski definition) is 2. The van der Waals surface area contributed by atoms with Crippen LogP contribution in [-0.2, 0) is 0 Å². The van der Waals surface area contributed by atoms with Gasteiger partial charge in [-0.25, -0.2) is 4.98 Å². The molecule has 0 unspecified atom stereocenters. The highest BCUT2D eigenvalue weighted by molar-refractivity contribution is 6.37. The van der Waals surface area contributed by atoms with Crippen molar-refractivity contribution in [3.8, 4) is 11.1 Å². The van der Waals surface area contributed by atoms with E-state index >= 15 is 0 Å². The van der Waals surface area contributed by atoms with Crippen molar-refractivity contribution < 1.29 is 0 Å². The lowest BCUT2D eigenvalue weighted by Crippen LogP contribution is -1.83. The van der Waals surface area contributed by atoms with Crippen LogP contribution in [0, 0.1) is 0 Å². The van der Waals surface area contributed by atoms with Crippen LogP contribution in [0.25, 0.3) is 22.2 Å². The summed E-state index contributed by atoms with van der Waals surface area (Å²) in [5, 5.41) is 8.25. The fraction of sp³-hybridized carbons (Fsp3) is 0. The molecule has 0 spiro atoms. The molecule has 16 heavy (non-hydrogen) atoms. The van der Waals surface area contributed by atoms with E-state index in [1.165, 1.54) is 0 Å². The number of hydrogen-bond donors (Lipinski definition) is 1. The molecule has 4 heteroatoms. The van der Waals surface area contributed by atoms with Gasteiger partial charge in [0.05, 0.1) is 16.6 Å². The van der Waals surface area contributed by atoms with Crippen molar-refractivity contribution in [2.75, 3.05) is 0 Å². The van der Waals surface area contributed by atoms with Crippen molar-refractivity contribution in [1.29, 1.82) is 0 Å². The van der Waals surface area contributed by atoms with Gasteiger partial charge in [0.2, 0.25) is 0 Å². The van der Waals surface area contributed by atoms with Gasteiger partial charge in [0.25, 0.3) is 0 Å². The largest absolute Gasteiger partial charge is 0.261 e. The van der Waals surface area contributed by atoms with Crippen molar-refractivity contribution in [3.05, 3.63) is 47.7 Å². The van der Waals surface area contributed by atoms with E-state index in [4.69, 9.17) is 11.6 Å². The van der Waals surface area contributed by atoms with Crippen LogP contribution in [-0.4, -0.2) is 15.2 Å². The summed E-state index contributed by atoms with van der Waals surface area (Å²) in [4.78, 5) is 4.28. The Balaban J connectivity index is 2.28. The van der Waals surface area contributed by atoms with Crippen molar-refractivity contribution in [1.82, 2.24) is 15.2 Å². The maximum atomic E-state index is 6.32. The Kier molecular flexibility index (Phi) is 2.11. The highest BCUT2D eigenvalue weighted by atomic mass is 35.5. The number of nitrogens with zero attached hydrogens (tertiary/aromatic N) is 2. The maximum Gasteiger partial charge on any atom is 0.156 e. The predicted octanol–water partition coefficient (Wildman–Crippen LogP) is 3.28. The molecule has 3 rings (SSSR count). The summed E-state index contributed by atoms with van der Waals surface area (Å²) in [5.41, 5.74) is 2.70. The summed E-state index contributed by atoms with van der Waals surface area (Å²) in [7, 11) is 0. The van der Waals surface area contributed by atoms with Gasteiger partial charge < -0.3 is 0 Å². The first kappa shape index (κ1) is 9.36. The highest BCUT2D eigenvalue weighted by Crippen LogP contribution is 2.31. The molecule has 0 aliphatic heterocycles. The molecule has 2 aromatic heterocycles. The second-order valence-corrected chi connectivity index (χ2v) is 3.86. The van der Waals surface area contributed by atoms with E-state index in [9.17, 15) is 0 Å². The first-order chi connectivity index (χ1) is 7.86. The SMILES string of the molecule is Clc1c(-c2ccccc2)cnc2[nH]ncc12. The van der Waals surface area contributed by atoms with E-state index in [2.05, 4.69) is 15.2 Å². The third kappa shape index (κ3) is 1.37. The van der Waals surface area contributed by atoms with Crippen LogP contribution >= 0.6 is 11.6 Å². The second-order valence-electron chi connectivity index (χ2n) is 3.48. The van der Waals surface area contributed by atoms with Gasteiger partial charge in [-0.15, -0.1) is 0 Å².